The lowest BCUT2D eigenvalue weighted by Gasteiger charge is -2.21. The predicted octanol–water partition coefficient (Wildman–Crippen LogP) is 2.19. The van der Waals surface area contributed by atoms with Gasteiger partial charge in [0.25, 0.3) is 0 Å². The minimum atomic E-state index is 0.501. The standard InChI is InChI=1S/C15H20N4/c1-11-7-8-17-15(14(11)9-16)19(3)10-13-6-4-5-12(2)18-13/h4-8H,9-10,16H2,1-3H3. The summed E-state index contributed by atoms with van der Waals surface area (Å²) in [5.41, 5.74) is 10.2. The Labute approximate surface area is 114 Å². The number of hydrogen-bond donors (Lipinski definition) is 1. The molecule has 0 atom stereocenters. The molecule has 2 N–H and O–H groups in total. The van der Waals surface area contributed by atoms with Crippen molar-refractivity contribution >= 4 is 5.82 Å². The molecule has 19 heavy (non-hydrogen) atoms. The van der Waals surface area contributed by atoms with E-state index < -0.39 is 0 Å². The molecule has 0 spiro atoms. The van der Waals surface area contributed by atoms with E-state index in [1.165, 1.54) is 5.56 Å². The minimum absolute atomic E-state index is 0.501. The van der Waals surface area contributed by atoms with Gasteiger partial charge in [0.2, 0.25) is 0 Å². The summed E-state index contributed by atoms with van der Waals surface area (Å²) in [6.07, 6.45) is 1.82. The van der Waals surface area contributed by atoms with Crippen LogP contribution in [-0.4, -0.2) is 17.0 Å². The van der Waals surface area contributed by atoms with E-state index in [-0.39, 0.29) is 0 Å². The van der Waals surface area contributed by atoms with Crippen molar-refractivity contribution in [1.82, 2.24) is 9.97 Å². The molecule has 0 aliphatic carbocycles. The van der Waals surface area contributed by atoms with Gasteiger partial charge >= 0.3 is 0 Å². The molecule has 0 unspecified atom stereocenters. The Kier molecular flexibility index (Phi) is 4.12. The lowest BCUT2D eigenvalue weighted by atomic mass is 10.1. The molecule has 2 aromatic heterocycles. The zero-order valence-corrected chi connectivity index (χ0v) is 11.7. The zero-order valence-electron chi connectivity index (χ0n) is 11.7. The molecule has 0 amide bonds. The second-order valence-electron chi connectivity index (χ2n) is 4.76. The van der Waals surface area contributed by atoms with Crippen LogP contribution in [-0.2, 0) is 13.1 Å². The van der Waals surface area contributed by atoms with Crippen LogP contribution < -0.4 is 10.6 Å². The maximum atomic E-state index is 5.82. The van der Waals surface area contributed by atoms with Gasteiger partial charge in [-0.1, -0.05) is 6.07 Å². The summed E-state index contributed by atoms with van der Waals surface area (Å²) in [4.78, 5) is 11.1. The molecule has 2 heterocycles. The summed E-state index contributed by atoms with van der Waals surface area (Å²) in [5.74, 6) is 0.936. The van der Waals surface area contributed by atoms with Crippen LogP contribution in [0.2, 0.25) is 0 Å². The van der Waals surface area contributed by atoms with Crippen molar-refractivity contribution < 1.29 is 0 Å². The molecule has 0 saturated carbocycles. The first kappa shape index (κ1) is 13.5. The first-order chi connectivity index (χ1) is 9.11. The van der Waals surface area contributed by atoms with Gasteiger partial charge in [-0.2, -0.15) is 0 Å². The fourth-order valence-electron chi connectivity index (χ4n) is 2.16. The van der Waals surface area contributed by atoms with Gasteiger partial charge in [0.15, 0.2) is 0 Å². The summed E-state index contributed by atoms with van der Waals surface area (Å²) in [7, 11) is 2.02. The summed E-state index contributed by atoms with van der Waals surface area (Å²) < 4.78 is 0. The quantitative estimate of drug-likeness (QED) is 0.911. The Balaban J connectivity index is 2.25. The molecule has 0 aromatic carbocycles. The van der Waals surface area contributed by atoms with Crippen molar-refractivity contribution in [2.24, 2.45) is 5.73 Å². The normalized spacial score (nSPS) is 10.5. The van der Waals surface area contributed by atoms with E-state index in [1.807, 2.05) is 44.4 Å². The number of nitrogens with two attached hydrogens (primary N) is 1. The lowest BCUT2D eigenvalue weighted by molar-refractivity contribution is 0.842. The Morgan fingerprint density at radius 3 is 2.68 bits per heavy atom. The van der Waals surface area contributed by atoms with E-state index in [2.05, 4.69) is 21.8 Å². The van der Waals surface area contributed by atoms with Crippen LogP contribution >= 0.6 is 0 Å². The van der Waals surface area contributed by atoms with Crippen LogP contribution in [0.3, 0.4) is 0 Å². The molecular formula is C15H20N4. The van der Waals surface area contributed by atoms with Gasteiger partial charge in [-0.25, -0.2) is 4.98 Å². The van der Waals surface area contributed by atoms with Crippen molar-refractivity contribution in [3.63, 3.8) is 0 Å². The first-order valence-electron chi connectivity index (χ1n) is 6.40. The Hall–Kier alpha value is -1.94. The largest absolute Gasteiger partial charge is 0.354 e. The fraction of sp³-hybridized carbons (Fsp3) is 0.333. The molecule has 0 fully saturated rings. The molecule has 2 rings (SSSR count). The van der Waals surface area contributed by atoms with Crippen molar-refractivity contribution in [2.45, 2.75) is 26.9 Å². The number of rotatable bonds is 4. The van der Waals surface area contributed by atoms with Crippen LogP contribution in [0.5, 0.6) is 0 Å². The molecule has 0 bridgehead atoms. The molecule has 2 aromatic rings. The van der Waals surface area contributed by atoms with Crippen LogP contribution in [0, 0.1) is 13.8 Å². The smallest absolute Gasteiger partial charge is 0.133 e. The van der Waals surface area contributed by atoms with E-state index in [1.54, 1.807) is 0 Å². The highest BCUT2D eigenvalue weighted by Gasteiger charge is 2.11. The summed E-state index contributed by atoms with van der Waals surface area (Å²) >= 11 is 0. The highest BCUT2D eigenvalue weighted by molar-refractivity contribution is 5.49. The van der Waals surface area contributed by atoms with Crippen LogP contribution in [0.1, 0.15) is 22.5 Å². The van der Waals surface area contributed by atoms with E-state index in [0.29, 0.717) is 6.54 Å². The second-order valence-corrected chi connectivity index (χ2v) is 4.76. The summed E-state index contributed by atoms with van der Waals surface area (Å²) in [6, 6.07) is 8.05. The zero-order chi connectivity index (χ0) is 13.8. The molecule has 4 nitrogen and oxygen atoms in total. The van der Waals surface area contributed by atoms with Crippen molar-refractivity contribution in [3.8, 4) is 0 Å². The van der Waals surface area contributed by atoms with E-state index >= 15 is 0 Å². The molecular weight excluding hydrogens is 236 g/mol. The lowest BCUT2D eigenvalue weighted by Crippen LogP contribution is -2.21. The van der Waals surface area contributed by atoms with Gasteiger partial charge in [-0.15, -0.1) is 0 Å². The molecule has 0 aliphatic heterocycles. The Morgan fingerprint density at radius 1 is 1.21 bits per heavy atom. The number of aromatic nitrogens is 2. The number of anilines is 1. The number of nitrogens with zero attached hydrogens (tertiary/aromatic N) is 3. The van der Waals surface area contributed by atoms with E-state index in [0.717, 1.165) is 29.3 Å². The number of pyridine rings is 2. The summed E-state index contributed by atoms with van der Waals surface area (Å²) in [5, 5.41) is 0. The van der Waals surface area contributed by atoms with Crippen LogP contribution in [0.4, 0.5) is 5.82 Å². The van der Waals surface area contributed by atoms with Crippen LogP contribution in [0.15, 0.2) is 30.5 Å². The Bertz CT molecular complexity index is 566. The maximum Gasteiger partial charge on any atom is 0.133 e. The van der Waals surface area contributed by atoms with Crippen molar-refractivity contribution in [1.29, 1.82) is 0 Å². The van der Waals surface area contributed by atoms with Crippen molar-refractivity contribution in [3.05, 3.63) is 53.0 Å². The number of hydrogen-bond acceptors (Lipinski definition) is 4. The molecule has 0 radical (unpaired) electrons. The summed E-state index contributed by atoms with van der Waals surface area (Å²) in [6.45, 7) is 5.29. The van der Waals surface area contributed by atoms with Crippen LogP contribution in [0.25, 0.3) is 0 Å². The predicted molar refractivity (Wildman–Crippen MR) is 77.9 cm³/mol. The van der Waals surface area contributed by atoms with Crippen molar-refractivity contribution in [2.75, 3.05) is 11.9 Å². The molecule has 0 aliphatic rings. The topological polar surface area (TPSA) is 55.0 Å². The van der Waals surface area contributed by atoms with E-state index in [9.17, 15) is 0 Å². The van der Waals surface area contributed by atoms with E-state index in [4.69, 9.17) is 5.73 Å². The number of aryl methyl sites for hydroxylation is 2. The Morgan fingerprint density at radius 2 is 2.00 bits per heavy atom. The van der Waals surface area contributed by atoms with Gasteiger partial charge in [0.1, 0.15) is 5.82 Å². The maximum absolute atomic E-state index is 5.82. The third-order valence-corrected chi connectivity index (χ3v) is 3.18. The van der Waals surface area contributed by atoms with Gasteiger partial charge in [0, 0.05) is 31.0 Å². The monoisotopic (exact) mass is 256 g/mol. The SMILES string of the molecule is Cc1cccc(CN(C)c2nccc(C)c2CN)n1. The van der Waals surface area contributed by atoms with Gasteiger partial charge in [0.05, 0.1) is 12.2 Å². The minimum Gasteiger partial charge on any atom is -0.354 e. The first-order valence-corrected chi connectivity index (χ1v) is 6.40. The average Bonchev–Trinajstić information content (AvgIpc) is 2.38. The molecule has 100 valence electrons. The molecule has 0 saturated heterocycles. The van der Waals surface area contributed by atoms with Gasteiger partial charge in [-0.3, -0.25) is 4.98 Å². The van der Waals surface area contributed by atoms with Gasteiger partial charge < -0.3 is 10.6 Å². The highest BCUT2D eigenvalue weighted by atomic mass is 15.2. The van der Waals surface area contributed by atoms with Gasteiger partial charge in [-0.05, 0) is 37.6 Å². The third kappa shape index (κ3) is 3.09. The average molecular weight is 256 g/mol. The fourth-order valence-corrected chi connectivity index (χ4v) is 2.16. The molecule has 4 heteroatoms. The third-order valence-electron chi connectivity index (χ3n) is 3.18. The second kappa shape index (κ2) is 5.80. The highest BCUT2D eigenvalue weighted by Crippen LogP contribution is 2.20.